The number of hydrazone groups is 1. The van der Waals surface area contributed by atoms with Crippen LogP contribution in [0.25, 0.3) is 11.0 Å². The summed E-state index contributed by atoms with van der Waals surface area (Å²) < 4.78 is 11.8. The third-order valence-corrected chi connectivity index (χ3v) is 3.95. The van der Waals surface area contributed by atoms with E-state index in [0.29, 0.717) is 22.6 Å². The van der Waals surface area contributed by atoms with Crippen molar-refractivity contribution in [3.63, 3.8) is 0 Å². The van der Waals surface area contributed by atoms with Crippen LogP contribution in [0.1, 0.15) is 25.5 Å². The summed E-state index contributed by atoms with van der Waals surface area (Å²) in [6.07, 6.45) is 1.46. The Balaban J connectivity index is 1.68. The Morgan fingerprint density at radius 1 is 1.21 bits per heavy atom. The Kier molecular flexibility index (Phi) is 5.64. The third-order valence-electron chi connectivity index (χ3n) is 3.95. The fourth-order valence-electron chi connectivity index (χ4n) is 2.55. The number of fused-ring (bicyclic) bond motifs is 1. The summed E-state index contributed by atoms with van der Waals surface area (Å²) in [7, 11) is 1.47. The van der Waals surface area contributed by atoms with Crippen LogP contribution in [0.5, 0.6) is 11.5 Å². The van der Waals surface area contributed by atoms with Crippen LogP contribution in [-0.2, 0) is 9.59 Å². The smallest absolute Gasteiger partial charge is 0.308 e. The number of rotatable bonds is 6. The van der Waals surface area contributed by atoms with Crippen molar-refractivity contribution in [3.8, 4) is 11.5 Å². The molecule has 144 valence electrons. The Hall–Kier alpha value is -3.75. The summed E-state index contributed by atoms with van der Waals surface area (Å²) >= 11 is 0. The second kappa shape index (κ2) is 8.30. The summed E-state index contributed by atoms with van der Waals surface area (Å²) in [4.78, 5) is 23.5. The monoisotopic (exact) mass is 381 g/mol. The average molecular weight is 381 g/mol. The highest BCUT2D eigenvalue weighted by Gasteiger charge is 2.18. The Bertz CT molecular complexity index is 1040. The summed E-state index contributed by atoms with van der Waals surface area (Å²) in [5.74, 6) is -0.0900. The van der Waals surface area contributed by atoms with Crippen LogP contribution in [0.2, 0.25) is 0 Å². The molecule has 1 amide bonds. The zero-order valence-electron chi connectivity index (χ0n) is 15.6. The van der Waals surface area contributed by atoms with Gasteiger partial charge in [0.25, 0.3) is 5.91 Å². The van der Waals surface area contributed by atoms with E-state index < -0.39 is 12.0 Å². The molecule has 1 heterocycles. The first-order valence-electron chi connectivity index (χ1n) is 8.49. The molecule has 0 saturated heterocycles. The summed E-state index contributed by atoms with van der Waals surface area (Å²) in [5, 5.41) is 12.0. The van der Waals surface area contributed by atoms with Crippen molar-refractivity contribution >= 4 is 29.1 Å². The molecule has 3 aromatic rings. The molecule has 1 unspecified atom stereocenters. The molecule has 0 fully saturated rings. The summed E-state index contributed by atoms with van der Waals surface area (Å²) in [6.45, 7) is 3.02. The summed E-state index contributed by atoms with van der Waals surface area (Å²) in [6, 6.07) is 11.7. The summed E-state index contributed by atoms with van der Waals surface area (Å²) in [5.41, 5.74) is 4.62. The molecule has 0 radical (unpaired) electrons. The Morgan fingerprint density at radius 3 is 2.75 bits per heavy atom. The number of carbonyl (C=O) groups is 2. The van der Waals surface area contributed by atoms with Crippen LogP contribution in [0, 0.1) is 0 Å². The van der Waals surface area contributed by atoms with Crippen molar-refractivity contribution in [1.82, 2.24) is 20.4 Å². The van der Waals surface area contributed by atoms with Crippen molar-refractivity contribution in [2.45, 2.75) is 19.9 Å². The molecular weight excluding hydrogens is 362 g/mol. The molecule has 0 aliphatic rings. The molecule has 0 aliphatic heterocycles. The molecule has 3 rings (SSSR count). The fraction of sp³-hybridized carbons (Fsp3) is 0.211. The molecule has 9 heteroatoms. The maximum Gasteiger partial charge on any atom is 0.308 e. The van der Waals surface area contributed by atoms with Gasteiger partial charge in [-0.3, -0.25) is 9.59 Å². The lowest BCUT2D eigenvalue weighted by molar-refractivity contribution is -0.132. The third kappa shape index (κ3) is 4.14. The Morgan fingerprint density at radius 2 is 2.00 bits per heavy atom. The van der Waals surface area contributed by atoms with Crippen LogP contribution >= 0.6 is 0 Å². The highest BCUT2D eigenvalue weighted by atomic mass is 16.6. The van der Waals surface area contributed by atoms with E-state index >= 15 is 0 Å². The van der Waals surface area contributed by atoms with E-state index in [9.17, 15) is 9.59 Å². The van der Waals surface area contributed by atoms with Gasteiger partial charge in [-0.2, -0.15) is 5.10 Å². The number of carbonyl (C=O) groups excluding carboxylic acids is 2. The number of methoxy groups -OCH3 is 1. The molecule has 1 N–H and O–H groups in total. The molecule has 1 atom stereocenters. The van der Waals surface area contributed by atoms with Gasteiger partial charge in [0.15, 0.2) is 11.5 Å². The predicted octanol–water partition coefficient (Wildman–Crippen LogP) is 2.08. The number of nitrogens with zero attached hydrogens (tertiary/aromatic N) is 4. The SMILES string of the molecule is COc1cc(C=NNC(=O)C(C)n2nnc3ccccc32)ccc1OC(C)=O. The number of hydrogen-bond acceptors (Lipinski definition) is 7. The number of aromatic nitrogens is 3. The van der Waals surface area contributed by atoms with Crippen molar-refractivity contribution < 1.29 is 19.1 Å². The van der Waals surface area contributed by atoms with Gasteiger partial charge < -0.3 is 9.47 Å². The molecule has 1 aromatic heterocycles. The topological polar surface area (TPSA) is 108 Å². The van der Waals surface area contributed by atoms with Gasteiger partial charge in [-0.25, -0.2) is 10.1 Å². The van der Waals surface area contributed by atoms with E-state index in [1.54, 1.807) is 25.1 Å². The van der Waals surface area contributed by atoms with Crippen molar-refractivity contribution in [2.75, 3.05) is 7.11 Å². The molecule has 28 heavy (non-hydrogen) atoms. The maximum absolute atomic E-state index is 12.4. The van der Waals surface area contributed by atoms with Gasteiger partial charge in [0, 0.05) is 6.92 Å². The van der Waals surface area contributed by atoms with Gasteiger partial charge >= 0.3 is 5.97 Å². The van der Waals surface area contributed by atoms with Crippen molar-refractivity contribution in [3.05, 3.63) is 48.0 Å². The van der Waals surface area contributed by atoms with Crippen molar-refractivity contribution in [1.29, 1.82) is 0 Å². The van der Waals surface area contributed by atoms with Crippen molar-refractivity contribution in [2.24, 2.45) is 5.10 Å². The minimum Gasteiger partial charge on any atom is -0.493 e. The van der Waals surface area contributed by atoms with E-state index in [0.717, 1.165) is 5.52 Å². The van der Waals surface area contributed by atoms with Gasteiger partial charge in [0.05, 0.1) is 18.8 Å². The van der Waals surface area contributed by atoms with Gasteiger partial charge in [-0.1, -0.05) is 17.3 Å². The molecule has 9 nitrogen and oxygen atoms in total. The van der Waals surface area contributed by atoms with Crippen LogP contribution in [0.3, 0.4) is 0 Å². The average Bonchev–Trinajstić information content (AvgIpc) is 3.12. The molecular formula is C19H19N5O4. The standard InChI is InChI=1S/C19H19N5O4/c1-12(24-16-7-5-4-6-15(16)21-23-24)19(26)22-20-11-14-8-9-17(28-13(2)25)18(10-14)27-3/h4-12H,1-3H3,(H,22,26). The minimum atomic E-state index is -0.592. The van der Waals surface area contributed by atoms with Crippen LogP contribution in [0.4, 0.5) is 0 Å². The fourth-order valence-corrected chi connectivity index (χ4v) is 2.55. The number of para-hydroxylation sites is 1. The largest absolute Gasteiger partial charge is 0.493 e. The molecule has 0 aliphatic carbocycles. The number of ether oxygens (including phenoxy) is 2. The van der Waals surface area contributed by atoms with Gasteiger partial charge in [-0.05, 0) is 42.8 Å². The zero-order chi connectivity index (χ0) is 20.1. The van der Waals surface area contributed by atoms with E-state index in [1.807, 2.05) is 24.3 Å². The first-order valence-corrected chi connectivity index (χ1v) is 8.49. The maximum atomic E-state index is 12.4. The number of nitrogens with one attached hydrogen (secondary N) is 1. The lowest BCUT2D eigenvalue weighted by Crippen LogP contribution is -2.28. The highest BCUT2D eigenvalue weighted by Crippen LogP contribution is 2.27. The van der Waals surface area contributed by atoms with E-state index in [2.05, 4.69) is 20.8 Å². The van der Waals surface area contributed by atoms with Gasteiger partial charge in [-0.15, -0.1) is 5.10 Å². The minimum absolute atomic E-state index is 0.308. The number of esters is 1. The van der Waals surface area contributed by atoms with E-state index in [4.69, 9.17) is 9.47 Å². The molecule has 0 saturated carbocycles. The molecule has 0 spiro atoms. The van der Waals surface area contributed by atoms with Crippen LogP contribution < -0.4 is 14.9 Å². The number of amides is 1. The van der Waals surface area contributed by atoms with E-state index in [1.165, 1.54) is 24.9 Å². The second-order valence-electron chi connectivity index (χ2n) is 5.94. The van der Waals surface area contributed by atoms with Crippen LogP contribution in [0.15, 0.2) is 47.6 Å². The number of benzene rings is 2. The van der Waals surface area contributed by atoms with Gasteiger partial charge in [0.1, 0.15) is 11.6 Å². The lowest BCUT2D eigenvalue weighted by Gasteiger charge is -2.10. The van der Waals surface area contributed by atoms with Gasteiger partial charge in [0.2, 0.25) is 0 Å². The normalized spacial score (nSPS) is 12.1. The highest BCUT2D eigenvalue weighted by molar-refractivity contribution is 5.86. The van der Waals surface area contributed by atoms with E-state index in [-0.39, 0.29) is 5.91 Å². The number of hydrogen-bond donors (Lipinski definition) is 1. The first-order chi connectivity index (χ1) is 13.5. The zero-order valence-corrected chi connectivity index (χ0v) is 15.6. The quantitative estimate of drug-likeness (QED) is 0.303. The molecule has 2 aromatic carbocycles. The predicted molar refractivity (Wildman–Crippen MR) is 102 cm³/mol. The Labute approximate surface area is 160 Å². The lowest BCUT2D eigenvalue weighted by atomic mass is 10.2. The second-order valence-corrected chi connectivity index (χ2v) is 5.94. The van der Waals surface area contributed by atoms with Crippen LogP contribution in [-0.4, -0.2) is 40.2 Å². The molecule has 0 bridgehead atoms. The first kappa shape index (κ1) is 19.0.